The molecule has 0 spiro atoms. The van der Waals surface area contributed by atoms with Crippen molar-refractivity contribution in [2.75, 3.05) is 12.3 Å². The molecule has 1 heterocycles. The third-order valence-corrected chi connectivity index (χ3v) is 2.49. The van der Waals surface area contributed by atoms with Crippen molar-refractivity contribution in [3.63, 3.8) is 0 Å². The van der Waals surface area contributed by atoms with Gasteiger partial charge in [-0.25, -0.2) is 4.68 Å². The van der Waals surface area contributed by atoms with Gasteiger partial charge in [0.2, 0.25) is 0 Å². The smallest absolute Gasteiger partial charge is 0.267 e. The van der Waals surface area contributed by atoms with Crippen molar-refractivity contribution in [3.8, 4) is 5.75 Å². The largest absolute Gasteiger partial charge is 0.494 e. The van der Waals surface area contributed by atoms with Gasteiger partial charge in [0.1, 0.15) is 5.75 Å². The molecule has 0 atom stereocenters. The van der Waals surface area contributed by atoms with Gasteiger partial charge in [-0.05, 0) is 31.2 Å². The maximum absolute atomic E-state index is 11.6. The Balaban J connectivity index is 2.36. The van der Waals surface area contributed by atoms with Crippen LogP contribution >= 0.6 is 0 Å². The lowest BCUT2D eigenvalue weighted by atomic mass is 10.2. The van der Waals surface area contributed by atoms with Crippen LogP contribution in [0.25, 0.3) is 0 Å². The summed E-state index contributed by atoms with van der Waals surface area (Å²) in [5.41, 5.74) is 7.08. The van der Waals surface area contributed by atoms with Gasteiger partial charge in [0.15, 0.2) is 0 Å². The van der Waals surface area contributed by atoms with Gasteiger partial charge in [-0.2, -0.15) is 5.10 Å². The number of hydrogen-bond acceptors (Lipinski definition) is 4. The van der Waals surface area contributed by atoms with Crippen LogP contribution in [-0.4, -0.2) is 16.4 Å². The second-order valence-electron chi connectivity index (χ2n) is 3.82. The fourth-order valence-corrected chi connectivity index (χ4v) is 1.69. The second kappa shape index (κ2) is 5.35. The Morgan fingerprint density at radius 2 is 2.22 bits per heavy atom. The summed E-state index contributed by atoms with van der Waals surface area (Å²) < 4.78 is 6.88. The molecule has 0 radical (unpaired) electrons. The Labute approximate surface area is 105 Å². The molecule has 0 saturated heterocycles. The quantitative estimate of drug-likeness (QED) is 0.823. The monoisotopic (exact) mass is 245 g/mol. The van der Waals surface area contributed by atoms with Gasteiger partial charge in [-0.1, -0.05) is 0 Å². The lowest BCUT2D eigenvalue weighted by Crippen LogP contribution is -2.22. The Kier molecular flexibility index (Phi) is 3.62. The van der Waals surface area contributed by atoms with Crippen molar-refractivity contribution in [1.29, 1.82) is 0 Å². The highest BCUT2D eigenvalue weighted by Crippen LogP contribution is 2.21. The normalized spacial score (nSPS) is 10.3. The first kappa shape index (κ1) is 12.2. The second-order valence-corrected chi connectivity index (χ2v) is 3.82. The summed E-state index contributed by atoms with van der Waals surface area (Å²) in [7, 11) is 0. The maximum atomic E-state index is 11.6. The molecular formula is C13H15N3O2. The summed E-state index contributed by atoms with van der Waals surface area (Å²) in [6, 6.07) is 8.46. The van der Waals surface area contributed by atoms with Crippen molar-refractivity contribution in [2.45, 2.75) is 13.5 Å². The molecule has 2 N–H and O–H groups in total. The first-order valence-electron chi connectivity index (χ1n) is 5.74. The standard InChI is InChI=1S/C13H15N3O2/c1-2-18-12-6-5-11(14)8-10(12)9-16-13(17)4-3-7-15-16/h3-8H,2,9,14H2,1H3. The van der Waals surface area contributed by atoms with E-state index in [4.69, 9.17) is 10.5 Å². The SMILES string of the molecule is CCOc1ccc(N)cc1Cn1ncccc1=O. The average Bonchev–Trinajstić information content (AvgIpc) is 2.36. The Bertz CT molecular complexity index is 593. The van der Waals surface area contributed by atoms with E-state index < -0.39 is 0 Å². The molecule has 0 fully saturated rings. The van der Waals surface area contributed by atoms with E-state index in [2.05, 4.69) is 5.10 Å². The fraction of sp³-hybridized carbons (Fsp3) is 0.231. The molecule has 5 nitrogen and oxygen atoms in total. The number of anilines is 1. The van der Waals surface area contributed by atoms with E-state index in [-0.39, 0.29) is 5.56 Å². The molecule has 0 amide bonds. The Hall–Kier alpha value is -2.30. The van der Waals surface area contributed by atoms with Crippen molar-refractivity contribution in [2.24, 2.45) is 0 Å². The predicted octanol–water partition coefficient (Wildman–Crippen LogP) is 1.27. The van der Waals surface area contributed by atoms with Crippen LogP contribution in [0, 0.1) is 0 Å². The first-order chi connectivity index (χ1) is 8.70. The highest BCUT2D eigenvalue weighted by molar-refractivity contribution is 5.47. The molecule has 1 aromatic heterocycles. The van der Waals surface area contributed by atoms with E-state index in [1.807, 2.05) is 13.0 Å². The van der Waals surface area contributed by atoms with E-state index in [1.54, 1.807) is 24.4 Å². The van der Waals surface area contributed by atoms with E-state index >= 15 is 0 Å². The van der Waals surface area contributed by atoms with E-state index in [9.17, 15) is 4.79 Å². The van der Waals surface area contributed by atoms with E-state index in [1.165, 1.54) is 10.7 Å². The Morgan fingerprint density at radius 1 is 1.39 bits per heavy atom. The number of benzene rings is 1. The van der Waals surface area contributed by atoms with Crippen LogP contribution in [-0.2, 0) is 6.54 Å². The van der Waals surface area contributed by atoms with Crippen molar-refractivity contribution >= 4 is 5.69 Å². The third-order valence-electron chi connectivity index (χ3n) is 2.49. The zero-order valence-electron chi connectivity index (χ0n) is 10.2. The molecule has 94 valence electrons. The molecule has 0 unspecified atom stereocenters. The van der Waals surface area contributed by atoms with Crippen molar-refractivity contribution in [3.05, 3.63) is 52.4 Å². The summed E-state index contributed by atoms with van der Waals surface area (Å²) >= 11 is 0. The lowest BCUT2D eigenvalue weighted by Gasteiger charge is -2.11. The molecule has 0 aliphatic heterocycles. The topological polar surface area (TPSA) is 70.1 Å². The molecule has 1 aromatic carbocycles. The van der Waals surface area contributed by atoms with Gasteiger partial charge in [0, 0.05) is 23.5 Å². The number of aromatic nitrogens is 2. The average molecular weight is 245 g/mol. The third kappa shape index (κ3) is 2.68. The zero-order valence-corrected chi connectivity index (χ0v) is 10.2. The predicted molar refractivity (Wildman–Crippen MR) is 69.6 cm³/mol. The minimum absolute atomic E-state index is 0.151. The van der Waals surface area contributed by atoms with Crippen LogP contribution in [0.5, 0.6) is 5.75 Å². The van der Waals surface area contributed by atoms with Crippen molar-refractivity contribution < 1.29 is 4.74 Å². The fourth-order valence-electron chi connectivity index (χ4n) is 1.69. The molecule has 18 heavy (non-hydrogen) atoms. The van der Waals surface area contributed by atoms with Crippen LogP contribution in [0.4, 0.5) is 5.69 Å². The Morgan fingerprint density at radius 3 is 2.94 bits per heavy atom. The zero-order chi connectivity index (χ0) is 13.0. The highest BCUT2D eigenvalue weighted by atomic mass is 16.5. The number of nitrogens with two attached hydrogens (primary N) is 1. The van der Waals surface area contributed by atoms with Crippen molar-refractivity contribution in [1.82, 2.24) is 9.78 Å². The number of hydrogen-bond donors (Lipinski definition) is 1. The van der Waals surface area contributed by atoms with Gasteiger partial charge in [0.05, 0.1) is 13.2 Å². The molecule has 0 bridgehead atoms. The first-order valence-corrected chi connectivity index (χ1v) is 5.74. The summed E-state index contributed by atoms with van der Waals surface area (Å²) in [4.78, 5) is 11.6. The van der Waals surface area contributed by atoms with Crippen LogP contribution in [0.2, 0.25) is 0 Å². The minimum Gasteiger partial charge on any atom is -0.494 e. The molecule has 0 saturated carbocycles. The molecule has 5 heteroatoms. The van der Waals surface area contributed by atoms with Gasteiger partial charge in [0.25, 0.3) is 5.56 Å². The van der Waals surface area contributed by atoms with Gasteiger partial charge >= 0.3 is 0 Å². The van der Waals surface area contributed by atoms with Gasteiger partial charge in [-0.3, -0.25) is 4.79 Å². The number of rotatable bonds is 4. The van der Waals surface area contributed by atoms with E-state index in [0.717, 1.165) is 11.3 Å². The van der Waals surface area contributed by atoms with Crippen LogP contribution in [0.1, 0.15) is 12.5 Å². The summed E-state index contributed by atoms with van der Waals surface area (Å²) in [6.45, 7) is 2.82. The summed E-state index contributed by atoms with van der Waals surface area (Å²) in [5.74, 6) is 0.726. The maximum Gasteiger partial charge on any atom is 0.267 e. The van der Waals surface area contributed by atoms with Crippen LogP contribution in [0.3, 0.4) is 0 Å². The molecule has 0 aliphatic carbocycles. The lowest BCUT2D eigenvalue weighted by molar-refractivity contribution is 0.335. The highest BCUT2D eigenvalue weighted by Gasteiger charge is 2.06. The molecule has 2 aromatic rings. The van der Waals surface area contributed by atoms with Crippen LogP contribution in [0.15, 0.2) is 41.3 Å². The summed E-state index contributed by atoms with van der Waals surface area (Å²) in [6.07, 6.45) is 1.58. The molecule has 0 aliphatic rings. The number of ether oxygens (including phenoxy) is 1. The minimum atomic E-state index is -0.151. The number of nitrogens with zero attached hydrogens (tertiary/aromatic N) is 2. The van der Waals surface area contributed by atoms with E-state index in [0.29, 0.717) is 18.8 Å². The van der Waals surface area contributed by atoms with Gasteiger partial charge in [-0.15, -0.1) is 0 Å². The number of nitrogen functional groups attached to an aromatic ring is 1. The van der Waals surface area contributed by atoms with Crippen LogP contribution < -0.4 is 16.0 Å². The molecule has 2 rings (SSSR count). The van der Waals surface area contributed by atoms with Gasteiger partial charge < -0.3 is 10.5 Å². The summed E-state index contributed by atoms with van der Waals surface area (Å²) in [5, 5.41) is 4.01. The molecular weight excluding hydrogens is 230 g/mol.